The lowest BCUT2D eigenvalue weighted by atomic mass is 9.83. The van der Waals surface area contributed by atoms with Gasteiger partial charge in [-0.15, -0.1) is 0 Å². The highest BCUT2D eigenvalue weighted by molar-refractivity contribution is 4.79. The summed E-state index contributed by atoms with van der Waals surface area (Å²) in [6.07, 6.45) is 9.78. The van der Waals surface area contributed by atoms with E-state index in [2.05, 4.69) is 46.7 Å². The molecule has 1 unspecified atom stereocenters. The average Bonchev–Trinajstić information content (AvgIpc) is 2.13. The molecule has 0 aromatic heterocycles. The molecule has 0 aliphatic heterocycles. The number of unbranched alkanes of at least 4 members (excludes halogenated alkanes) is 5. The van der Waals surface area contributed by atoms with Crippen molar-refractivity contribution in [1.82, 2.24) is 4.90 Å². The molecule has 0 aliphatic rings. The Bertz CT molecular complexity index is 155. The molecule has 0 radical (unpaired) electrons. The average molecular weight is 227 g/mol. The minimum absolute atomic E-state index is 0.410. The van der Waals surface area contributed by atoms with Crippen LogP contribution >= 0.6 is 0 Å². The fraction of sp³-hybridized carbons (Fsp3) is 1.00. The number of hydrogen-bond donors (Lipinski definition) is 0. The summed E-state index contributed by atoms with van der Waals surface area (Å²) >= 11 is 0. The van der Waals surface area contributed by atoms with Gasteiger partial charge in [0.25, 0.3) is 0 Å². The Morgan fingerprint density at radius 1 is 0.875 bits per heavy atom. The van der Waals surface area contributed by atoms with Crippen molar-refractivity contribution in [3.63, 3.8) is 0 Å². The summed E-state index contributed by atoms with van der Waals surface area (Å²) in [5, 5.41) is 0. The number of nitrogens with zero attached hydrogens (tertiary/aromatic N) is 1. The van der Waals surface area contributed by atoms with Crippen molar-refractivity contribution in [3.8, 4) is 0 Å². The van der Waals surface area contributed by atoms with Crippen LogP contribution in [0.1, 0.15) is 72.6 Å². The summed E-state index contributed by atoms with van der Waals surface area (Å²) in [5.74, 6) is 0. The van der Waals surface area contributed by atoms with Crippen LogP contribution in [0.3, 0.4) is 0 Å². The van der Waals surface area contributed by atoms with Crippen LogP contribution in [-0.2, 0) is 0 Å². The Morgan fingerprint density at radius 2 is 1.38 bits per heavy atom. The molecule has 0 saturated heterocycles. The molecule has 0 aliphatic carbocycles. The predicted molar refractivity (Wildman–Crippen MR) is 74.9 cm³/mol. The zero-order chi connectivity index (χ0) is 12.6. The van der Waals surface area contributed by atoms with E-state index in [1.54, 1.807) is 0 Å². The Kier molecular flexibility index (Phi) is 8.09. The predicted octanol–water partition coefficient (Wildman–Crippen LogP) is 4.71. The van der Waals surface area contributed by atoms with Crippen LogP contribution in [0.25, 0.3) is 0 Å². The first-order valence-corrected chi connectivity index (χ1v) is 7.06. The zero-order valence-corrected chi connectivity index (χ0v) is 12.5. The van der Waals surface area contributed by atoms with E-state index in [9.17, 15) is 0 Å². The van der Waals surface area contributed by atoms with Gasteiger partial charge in [0, 0.05) is 6.04 Å². The van der Waals surface area contributed by atoms with Gasteiger partial charge in [-0.1, -0.05) is 66.2 Å². The quantitative estimate of drug-likeness (QED) is 0.543. The van der Waals surface area contributed by atoms with Gasteiger partial charge in [0.05, 0.1) is 0 Å². The van der Waals surface area contributed by atoms with Gasteiger partial charge < -0.3 is 4.90 Å². The van der Waals surface area contributed by atoms with E-state index in [4.69, 9.17) is 0 Å². The molecule has 0 N–H and O–H groups in total. The van der Waals surface area contributed by atoms with Gasteiger partial charge in [-0.3, -0.25) is 0 Å². The van der Waals surface area contributed by atoms with Crippen molar-refractivity contribution < 1.29 is 0 Å². The first-order valence-electron chi connectivity index (χ1n) is 7.06. The van der Waals surface area contributed by atoms with Crippen molar-refractivity contribution in [1.29, 1.82) is 0 Å². The molecular formula is C15H33N. The van der Waals surface area contributed by atoms with Crippen LogP contribution in [0.15, 0.2) is 0 Å². The van der Waals surface area contributed by atoms with Gasteiger partial charge in [0.2, 0.25) is 0 Å². The second-order valence-corrected chi connectivity index (χ2v) is 6.40. The van der Waals surface area contributed by atoms with E-state index < -0.39 is 0 Å². The van der Waals surface area contributed by atoms with Gasteiger partial charge in [-0.25, -0.2) is 0 Å². The summed E-state index contributed by atoms with van der Waals surface area (Å²) < 4.78 is 0. The van der Waals surface area contributed by atoms with E-state index in [0.29, 0.717) is 5.41 Å². The molecule has 1 heteroatoms. The van der Waals surface area contributed by atoms with Gasteiger partial charge in [-0.2, -0.15) is 0 Å². The van der Waals surface area contributed by atoms with Crippen LogP contribution in [0, 0.1) is 5.41 Å². The van der Waals surface area contributed by atoms with Gasteiger partial charge in [0.1, 0.15) is 0 Å². The highest BCUT2D eigenvalue weighted by atomic mass is 15.1. The van der Waals surface area contributed by atoms with Crippen molar-refractivity contribution in [3.05, 3.63) is 0 Å². The zero-order valence-electron chi connectivity index (χ0n) is 12.5. The van der Waals surface area contributed by atoms with Crippen LogP contribution in [0.2, 0.25) is 0 Å². The SMILES string of the molecule is CCCCCCCCC(N(C)C)C(C)(C)C. The van der Waals surface area contributed by atoms with E-state index in [0.717, 1.165) is 6.04 Å². The lowest BCUT2D eigenvalue weighted by Crippen LogP contribution is -2.39. The monoisotopic (exact) mass is 227 g/mol. The van der Waals surface area contributed by atoms with Crippen LogP contribution in [0.5, 0.6) is 0 Å². The Hall–Kier alpha value is -0.0400. The standard InChI is InChI=1S/C15H33N/c1-7-8-9-10-11-12-13-14(16(5)6)15(2,3)4/h14H,7-13H2,1-6H3. The maximum atomic E-state index is 2.39. The van der Waals surface area contributed by atoms with Crippen LogP contribution in [0.4, 0.5) is 0 Å². The minimum Gasteiger partial charge on any atom is -0.306 e. The maximum absolute atomic E-state index is 2.39. The molecule has 1 nitrogen and oxygen atoms in total. The van der Waals surface area contributed by atoms with Gasteiger partial charge in [-0.05, 0) is 25.9 Å². The third-order valence-electron chi connectivity index (χ3n) is 3.45. The Morgan fingerprint density at radius 3 is 1.81 bits per heavy atom. The summed E-state index contributed by atoms with van der Waals surface area (Å²) in [6, 6.07) is 0.721. The summed E-state index contributed by atoms with van der Waals surface area (Å²) in [4.78, 5) is 2.39. The molecule has 0 fully saturated rings. The van der Waals surface area contributed by atoms with Crippen LogP contribution < -0.4 is 0 Å². The Labute approximate surface area is 104 Å². The molecule has 1 atom stereocenters. The van der Waals surface area contributed by atoms with E-state index in [1.807, 2.05) is 0 Å². The molecule has 0 aromatic rings. The fourth-order valence-electron chi connectivity index (χ4n) is 2.58. The maximum Gasteiger partial charge on any atom is 0.0138 e. The summed E-state index contributed by atoms with van der Waals surface area (Å²) in [5.41, 5.74) is 0.410. The third kappa shape index (κ3) is 7.27. The second kappa shape index (κ2) is 8.11. The van der Waals surface area contributed by atoms with Crippen molar-refractivity contribution in [2.45, 2.75) is 78.7 Å². The molecule has 0 amide bonds. The summed E-state index contributed by atoms with van der Waals surface area (Å²) in [7, 11) is 4.43. The lowest BCUT2D eigenvalue weighted by Gasteiger charge is -2.36. The molecule has 16 heavy (non-hydrogen) atoms. The van der Waals surface area contributed by atoms with E-state index in [-0.39, 0.29) is 0 Å². The molecule has 0 bridgehead atoms. The highest BCUT2D eigenvalue weighted by Crippen LogP contribution is 2.27. The minimum atomic E-state index is 0.410. The third-order valence-corrected chi connectivity index (χ3v) is 3.45. The van der Waals surface area contributed by atoms with Crippen LogP contribution in [-0.4, -0.2) is 25.0 Å². The second-order valence-electron chi connectivity index (χ2n) is 6.40. The largest absolute Gasteiger partial charge is 0.306 e. The van der Waals surface area contributed by atoms with Crippen molar-refractivity contribution in [2.75, 3.05) is 14.1 Å². The normalized spacial score (nSPS) is 14.4. The fourth-order valence-corrected chi connectivity index (χ4v) is 2.58. The molecule has 0 spiro atoms. The highest BCUT2D eigenvalue weighted by Gasteiger charge is 2.25. The summed E-state index contributed by atoms with van der Waals surface area (Å²) in [6.45, 7) is 9.35. The van der Waals surface area contributed by atoms with Crippen molar-refractivity contribution >= 4 is 0 Å². The van der Waals surface area contributed by atoms with Gasteiger partial charge >= 0.3 is 0 Å². The van der Waals surface area contributed by atoms with Crippen molar-refractivity contribution in [2.24, 2.45) is 5.41 Å². The molecule has 0 aromatic carbocycles. The van der Waals surface area contributed by atoms with Gasteiger partial charge in [0.15, 0.2) is 0 Å². The Balaban J connectivity index is 3.70. The molecule has 0 saturated carbocycles. The van der Waals surface area contributed by atoms with E-state index >= 15 is 0 Å². The lowest BCUT2D eigenvalue weighted by molar-refractivity contribution is 0.139. The van der Waals surface area contributed by atoms with E-state index in [1.165, 1.54) is 44.9 Å². The molecular weight excluding hydrogens is 194 g/mol. The first-order chi connectivity index (χ1) is 7.39. The molecule has 0 rings (SSSR count). The topological polar surface area (TPSA) is 3.24 Å². The smallest absolute Gasteiger partial charge is 0.0138 e. The molecule has 98 valence electrons. The number of rotatable bonds is 8. The number of hydrogen-bond acceptors (Lipinski definition) is 1. The first kappa shape index (κ1) is 16.0. The molecule has 0 heterocycles.